The van der Waals surface area contributed by atoms with Gasteiger partial charge in [0.2, 0.25) is 5.91 Å². The Balaban J connectivity index is 1.42. The van der Waals surface area contributed by atoms with Crippen LogP contribution in [-0.2, 0) is 23.7 Å². The van der Waals surface area contributed by atoms with E-state index in [1.165, 1.54) is 12.1 Å². The SMILES string of the molecule is Cn1ccc(C(=O)N2CCCc3cc(C4(C(=O)Nc5ccc(F)cn5)CCC4)ccc32)n1. The molecule has 5 rings (SSSR count). The molecule has 1 aliphatic heterocycles. The molecule has 8 heteroatoms. The Morgan fingerprint density at radius 1 is 1.12 bits per heavy atom. The van der Waals surface area contributed by atoms with Crippen LogP contribution in [0.5, 0.6) is 0 Å². The molecule has 2 aromatic heterocycles. The molecule has 0 atom stereocenters. The predicted octanol–water partition coefficient (Wildman–Crippen LogP) is 3.61. The van der Waals surface area contributed by atoms with E-state index in [9.17, 15) is 14.0 Å². The summed E-state index contributed by atoms with van der Waals surface area (Å²) in [4.78, 5) is 32.0. The van der Waals surface area contributed by atoms with Crippen LogP contribution in [0.4, 0.5) is 15.9 Å². The topological polar surface area (TPSA) is 80.1 Å². The highest BCUT2D eigenvalue weighted by Gasteiger charge is 2.46. The number of fused-ring (bicyclic) bond motifs is 1. The molecule has 3 aromatic rings. The lowest BCUT2D eigenvalue weighted by molar-refractivity contribution is -0.124. The van der Waals surface area contributed by atoms with Crippen LogP contribution in [-0.4, -0.2) is 33.1 Å². The van der Waals surface area contributed by atoms with E-state index >= 15 is 0 Å². The zero-order chi connectivity index (χ0) is 22.3. The van der Waals surface area contributed by atoms with Gasteiger partial charge in [0.25, 0.3) is 5.91 Å². The molecule has 32 heavy (non-hydrogen) atoms. The van der Waals surface area contributed by atoms with Gasteiger partial charge < -0.3 is 10.2 Å². The van der Waals surface area contributed by atoms with E-state index in [2.05, 4.69) is 21.5 Å². The van der Waals surface area contributed by atoms with Crippen molar-refractivity contribution in [1.82, 2.24) is 14.8 Å². The maximum absolute atomic E-state index is 13.2. The van der Waals surface area contributed by atoms with Gasteiger partial charge in [0.15, 0.2) is 5.69 Å². The Bertz CT molecular complexity index is 1180. The van der Waals surface area contributed by atoms with E-state index in [-0.39, 0.29) is 11.8 Å². The third kappa shape index (κ3) is 3.45. The maximum Gasteiger partial charge on any atom is 0.278 e. The number of rotatable bonds is 4. The number of anilines is 2. The summed E-state index contributed by atoms with van der Waals surface area (Å²) in [6.07, 6.45) is 7.02. The van der Waals surface area contributed by atoms with E-state index in [0.29, 0.717) is 18.1 Å². The molecule has 0 saturated heterocycles. The number of benzene rings is 1. The zero-order valence-corrected chi connectivity index (χ0v) is 17.8. The first-order valence-corrected chi connectivity index (χ1v) is 10.8. The van der Waals surface area contributed by atoms with Gasteiger partial charge in [-0.15, -0.1) is 0 Å². The molecule has 3 heterocycles. The smallest absolute Gasteiger partial charge is 0.278 e. The lowest BCUT2D eigenvalue weighted by Gasteiger charge is -2.41. The maximum atomic E-state index is 13.2. The van der Waals surface area contributed by atoms with Crippen molar-refractivity contribution in [2.24, 2.45) is 7.05 Å². The zero-order valence-electron chi connectivity index (χ0n) is 17.8. The van der Waals surface area contributed by atoms with Crippen LogP contribution in [0.3, 0.4) is 0 Å². The van der Waals surface area contributed by atoms with Crippen molar-refractivity contribution in [3.63, 3.8) is 0 Å². The fraction of sp³-hybridized carbons (Fsp3) is 0.333. The molecule has 1 aromatic carbocycles. The van der Waals surface area contributed by atoms with E-state index in [1.807, 2.05) is 12.1 Å². The van der Waals surface area contributed by atoms with Gasteiger partial charge in [-0.3, -0.25) is 14.3 Å². The molecule has 1 aliphatic carbocycles. The van der Waals surface area contributed by atoms with Crippen LogP contribution in [0, 0.1) is 5.82 Å². The minimum atomic E-state index is -0.627. The quantitative estimate of drug-likeness (QED) is 0.682. The molecule has 1 saturated carbocycles. The van der Waals surface area contributed by atoms with Crippen molar-refractivity contribution < 1.29 is 14.0 Å². The molecule has 2 aliphatic rings. The summed E-state index contributed by atoms with van der Waals surface area (Å²) in [6.45, 7) is 0.642. The Morgan fingerprint density at radius 2 is 1.97 bits per heavy atom. The third-order valence-corrected chi connectivity index (χ3v) is 6.54. The number of pyridine rings is 1. The van der Waals surface area contributed by atoms with Gasteiger partial charge in [0.05, 0.1) is 11.6 Å². The van der Waals surface area contributed by atoms with Crippen LogP contribution in [0.1, 0.15) is 47.3 Å². The van der Waals surface area contributed by atoms with Crippen molar-refractivity contribution in [2.75, 3.05) is 16.8 Å². The van der Waals surface area contributed by atoms with Crippen molar-refractivity contribution in [3.8, 4) is 0 Å². The van der Waals surface area contributed by atoms with Crippen molar-refractivity contribution >= 4 is 23.3 Å². The molecule has 0 radical (unpaired) electrons. The number of hydrogen-bond donors (Lipinski definition) is 1. The number of nitrogens with one attached hydrogen (secondary N) is 1. The molecule has 164 valence electrons. The number of carbonyl (C=O) groups excluding carboxylic acids is 2. The summed E-state index contributed by atoms with van der Waals surface area (Å²) < 4.78 is 14.8. The number of aromatic nitrogens is 3. The van der Waals surface area contributed by atoms with Crippen molar-refractivity contribution in [3.05, 3.63) is 71.4 Å². The van der Waals surface area contributed by atoms with Gasteiger partial charge in [-0.2, -0.15) is 5.10 Å². The summed E-state index contributed by atoms with van der Waals surface area (Å²) in [5.74, 6) is -0.341. The highest BCUT2D eigenvalue weighted by atomic mass is 19.1. The molecule has 2 amide bonds. The second-order valence-corrected chi connectivity index (χ2v) is 8.53. The third-order valence-electron chi connectivity index (χ3n) is 6.54. The van der Waals surface area contributed by atoms with E-state index in [4.69, 9.17) is 0 Å². The molecular formula is C24H24FN5O2. The minimum absolute atomic E-state index is 0.113. The van der Waals surface area contributed by atoms with Gasteiger partial charge in [0.1, 0.15) is 11.6 Å². The van der Waals surface area contributed by atoms with Gasteiger partial charge in [0, 0.05) is 25.5 Å². The van der Waals surface area contributed by atoms with E-state index in [1.54, 1.807) is 28.9 Å². The molecule has 7 nitrogen and oxygen atoms in total. The summed E-state index contributed by atoms with van der Waals surface area (Å²) >= 11 is 0. The van der Waals surface area contributed by atoms with Gasteiger partial charge in [-0.1, -0.05) is 18.6 Å². The van der Waals surface area contributed by atoms with Crippen LogP contribution in [0.25, 0.3) is 0 Å². The van der Waals surface area contributed by atoms with Crippen molar-refractivity contribution in [1.29, 1.82) is 0 Å². The van der Waals surface area contributed by atoms with Crippen molar-refractivity contribution in [2.45, 2.75) is 37.5 Å². The molecule has 0 unspecified atom stereocenters. The fourth-order valence-corrected chi connectivity index (χ4v) is 4.64. The number of amides is 2. The Labute approximate surface area is 185 Å². The number of carbonyl (C=O) groups is 2. The second-order valence-electron chi connectivity index (χ2n) is 8.53. The van der Waals surface area contributed by atoms with Gasteiger partial charge >= 0.3 is 0 Å². The minimum Gasteiger partial charge on any atom is -0.310 e. The second kappa shape index (κ2) is 7.85. The summed E-state index contributed by atoms with van der Waals surface area (Å²) in [7, 11) is 1.79. The molecule has 0 spiro atoms. The van der Waals surface area contributed by atoms with Gasteiger partial charge in [-0.25, -0.2) is 9.37 Å². The number of aryl methyl sites for hydroxylation is 2. The Morgan fingerprint density at radius 3 is 2.62 bits per heavy atom. The number of nitrogens with zero attached hydrogens (tertiary/aromatic N) is 4. The van der Waals surface area contributed by atoms with Crippen LogP contribution in [0.15, 0.2) is 48.8 Å². The fourth-order valence-electron chi connectivity index (χ4n) is 4.64. The summed E-state index contributed by atoms with van der Waals surface area (Å²) in [5, 5.41) is 7.10. The van der Waals surface area contributed by atoms with Crippen LogP contribution in [0.2, 0.25) is 0 Å². The van der Waals surface area contributed by atoms with E-state index in [0.717, 1.165) is 55.1 Å². The van der Waals surface area contributed by atoms with Gasteiger partial charge in [-0.05, 0) is 61.1 Å². The molecule has 0 bridgehead atoms. The van der Waals surface area contributed by atoms with Crippen LogP contribution < -0.4 is 10.2 Å². The Kier molecular flexibility index (Phi) is 5.00. The summed E-state index contributed by atoms with van der Waals surface area (Å²) in [5.41, 5.74) is 2.70. The predicted molar refractivity (Wildman–Crippen MR) is 118 cm³/mol. The van der Waals surface area contributed by atoms with E-state index < -0.39 is 11.2 Å². The first kappa shape index (κ1) is 20.4. The van der Waals surface area contributed by atoms with Crippen LogP contribution >= 0.6 is 0 Å². The average molecular weight is 433 g/mol. The normalized spacial score (nSPS) is 16.8. The standard InChI is InChI=1S/C24H24FN5O2/c1-29-13-9-19(28-29)22(31)30-12-2-4-16-14-17(5-7-20(16)30)24(10-3-11-24)23(32)27-21-8-6-18(25)15-26-21/h5-9,13-15H,2-4,10-12H2,1H3,(H,26,27,32). The molecular weight excluding hydrogens is 409 g/mol. The lowest BCUT2D eigenvalue weighted by Crippen LogP contribution is -2.46. The molecule has 1 N–H and O–H groups in total. The number of hydrogen-bond acceptors (Lipinski definition) is 4. The highest BCUT2D eigenvalue weighted by Crippen LogP contribution is 2.46. The Hall–Kier alpha value is -3.55. The summed E-state index contributed by atoms with van der Waals surface area (Å²) in [6, 6.07) is 10.5. The lowest BCUT2D eigenvalue weighted by atomic mass is 9.63. The highest BCUT2D eigenvalue weighted by molar-refractivity contribution is 6.05. The monoisotopic (exact) mass is 433 g/mol. The first-order chi connectivity index (χ1) is 15.5. The first-order valence-electron chi connectivity index (χ1n) is 10.8. The molecule has 1 fully saturated rings. The largest absolute Gasteiger partial charge is 0.310 e. The average Bonchev–Trinajstić information content (AvgIpc) is 3.20. The number of halogens is 1.